The van der Waals surface area contributed by atoms with Gasteiger partial charge in [-0.25, -0.2) is 4.98 Å². The molecule has 5 nitrogen and oxygen atoms in total. The Labute approximate surface area is 128 Å². The molecule has 6 heteroatoms. The van der Waals surface area contributed by atoms with Gasteiger partial charge in [-0.15, -0.1) is 0 Å². The van der Waals surface area contributed by atoms with Crippen LogP contribution in [-0.2, 0) is 6.61 Å². The van der Waals surface area contributed by atoms with E-state index in [9.17, 15) is 9.90 Å². The Morgan fingerprint density at radius 2 is 2.10 bits per heavy atom. The first-order valence-electron chi connectivity index (χ1n) is 6.21. The first-order valence-corrected chi connectivity index (χ1v) is 7.00. The van der Waals surface area contributed by atoms with E-state index in [1.54, 1.807) is 12.1 Å². The first-order chi connectivity index (χ1) is 10.1. The fraction of sp³-hybridized carbons (Fsp3) is 0.0667. The van der Waals surface area contributed by atoms with Crippen molar-refractivity contribution in [2.45, 2.75) is 6.61 Å². The normalized spacial score (nSPS) is 10.7. The molecule has 0 atom stereocenters. The molecule has 0 unspecified atom stereocenters. The summed E-state index contributed by atoms with van der Waals surface area (Å²) in [4.78, 5) is 18.5. The van der Waals surface area contributed by atoms with Crippen LogP contribution in [0.2, 0.25) is 0 Å². The molecule has 0 amide bonds. The average molecular weight is 346 g/mol. The topological polar surface area (TPSA) is 78.0 Å². The highest BCUT2D eigenvalue weighted by atomic mass is 79.9. The van der Waals surface area contributed by atoms with Gasteiger partial charge in [0.25, 0.3) is 0 Å². The summed E-state index contributed by atoms with van der Waals surface area (Å²) in [6, 6.07) is 12.3. The van der Waals surface area contributed by atoms with E-state index in [1.807, 2.05) is 24.3 Å². The van der Waals surface area contributed by atoms with Gasteiger partial charge in [-0.1, -0.05) is 28.1 Å². The van der Waals surface area contributed by atoms with Gasteiger partial charge in [0.15, 0.2) is 0 Å². The molecule has 21 heavy (non-hydrogen) atoms. The first kappa shape index (κ1) is 13.6. The van der Waals surface area contributed by atoms with Crippen LogP contribution in [0.25, 0.3) is 11.0 Å². The number of H-pyrrole nitrogens is 1. The van der Waals surface area contributed by atoms with E-state index in [2.05, 4.69) is 25.9 Å². The lowest BCUT2D eigenvalue weighted by Crippen LogP contribution is -2.23. The van der Waals surface area contributed by atoms with Gasteiger partial charge in [-0.2, -0.15) is 0 Å². The molecular formula is C15H10BrN2O3-. The molecule has 0 aliphatic carbocycles. The maximum Gasteiger partial charge on any atom is 0.146 e. The number of hydrogen-bond donors (Lipinski definition) is 1. The van der Waals surface area contributed by atoms with Crippen LogP contribution in [0.4, 0.5) is 0 Å². The number of aromatic amines is 1. The smallest absolute Gasteiger partial charge is 0.146 e. The van der Waals surface area contributed by atoms with Crippen molar-refractivity contribution in [3.63, 3.8) is 0 Å². The number of para-hydroxylation sites is 2. The molecule has 3 rings (SSSR count). The number of nitrogens with one attached hydrogen (secondary N) is 1. The lowest BCUT2D eigenvalue weighted by molar-refractivity contribution is -0.255. The zero-order valence-corrected chi connectivity index (χ0v) is 12.4. The maximum atomic E-state index is 11.1. The number of aromatic nitrogens is 2. The van der Waals surface area contributed by atoms with E-state index in [1.165, 1.54) is 6.07 Å². The molecule has 106 valence electrons. The van der Waals surface area contributed by atoms with Gasteiger partial charge >= 0.3 is 0 Å². The van der Waals surface area contributed by atoms with Gasteiger partial charge < -0.3 is 19.6 Å². The molecule has 2 aromatic carbocycles. The van der Waals surface area contributed by atoms with Crippen LogP contribution < -0.4 is 9.84 Å². The van der Waals surface area contributed by atoms with Gasteiger partial charge in [-0.05, 0) is 30.3 Å². The molecule has 0 radical (unpaired) electrons. The lowest BCUT2D eigenvalue weighted by Gasteiger charge is -2.11. The number of ether oxygens (including phenoxy) is 1. The number of nitrogens with zero attached hydrogens (tertiary/aromatic N) is 1. The highest BCUT2D eigenvalue weighted by Crippen LogP contribution is 2.24. The summed E-state index contributed by atoms with van der Waals surface area (Å²) in [6.07, 6.45) is 0. The third kappa shape index (κ3) is 2.90. The highest BCUT2D eigenvalue weighted by Gasteiger charge is 2.08. The summed E-state index contributed by atoms with van der Waals surface area (Å²) < 4.78 is 6.28. The highest BCUT2D eigenvalue weighted by molar-refractivity contribution is 9.10. The van der Waals surface area contributed by atoms with Gasteiger partial charge in [-0.3, -0.25) is 0 Å². The SMILES string of the molecule is O=C([O-])c1ccc(Br)cc1OCc1nc2ccccc2[nH]1. The predicted octanol–water partition coefficient (Wildman–Crippen LogP) is 2.27. The standard InChI is InChI=1S/C15H11BrN2O3/c16-9-5-6-10(15(19)20)13(7-9)21-8-14-17-11-3-1-2-4-12(11)18-14/h1-7H,8H2,(H,17,18)(H,19,20)/p-1. The second-order valence-electron chi connectivity index (χ2n) is 4.42. The minimum atomic E-state index is -1.28. The fourth-order valence-electron chi connectivity index (χ4n) is 2.00. The number of carboxylic acids is 1. The molecule has 0 aliphatic rings. The van der Waals surface area contributed by atoms with Gasteiger partial charge in [0, 0.05) is 10.0 Å². The second kappa shape index (κ2) is 5.57. The number of carboxylic acid groups (broad SMARTS) is 1. The van der Waals surface area contributed by atoms with Crippen LogP contribution in [0.1, 0.15) is 16.2 Å². The van der Waals surface area contributed by atoms with E-state index < -0.39 is 5.97 Å². The third-order valence-electron chi connectivity index (χ3n) is 2.97. The molecule has 0 saturated heterocycles. The Morgan fingerprint density at radius 3 is 2.86 bits per heavy atom. The molecule has 0 fully saturated rings. The summed E-state index contributed by atoms with van der Waals surface area (Å²) in [5.74, 6) is -0.410. The molecule has 0 spiro atoms. The Morgan fingerprint density at radius 1 is 1.29 bits per heavy atom. The quantitative estimate of drug-likeness (QED) is 0.786. The zero-order chi connectivity index (χ0) is 14.8. The van der Waals surface area contributed by atoms with Crippen molar-refractivity contribution < 1.29 is 14.6 Å². The summed E-state index contributed by atoms with van der Waals surface area (Å²) in [5, 5.41) is 11.1. The zero-order valence-electron chi connectivity index (χ0n) is 10.8. The van der Waals surface area contributed by atoms with Crippen molar-refractivity contribution in [2.75, 3.05) is 0 Å². The van der Waals surface area contributed by atoms with E-state index in [4.69, 9.17) is 4.74 Å². The predicted molar refractivity (Wildman–Crippen MR) is 78.9 cm³/mol. The van der Waals surface area contributed by atoms with E-state index >= 15 is 0 Å². The molecule has 0 aliphatic heterocycles. The van der Waals surface area contributed by atoms with Crippen molar-refractivity contribution in [3.8, 4) is 5.75 Å². The second-order valence-corrected chi connectivity index (χ2v) is 5.33. The van der Waals surface area contributed by atoms with Crippen LogP contribution in [0.5, 0.6) is 5.75 Å². The van der Waals surface area contributed by atoms with Crippen molar-refractivity contribution in [1.82, 2.24) is 9.97 Å². The number of benzene rings is 2. The summed E-state index contributed by atoms with van der Waals surface area (Å²) in [7, 11) is 0. The summed E-state index contributed by atoms with van der Waals surface area (Å²) in [5.41, 5.74) is 1.75. The molecule has 1 N–H and O–H groups in total. The minimum Gasteiger partial charge on any atom is -0.545 e. The number of hydrogen-bond acceptors (Lipinski definition) is 4. The number of carbonyl (C=O) groups excluding carboxylic acids is 1. The number of fused-ring (bicyclic) bond motifs is 1. The minimum absolute atomic E-state index is 0.00862. The lowest BCUT2D eigenvalue weighted by atomic mass is 10.2. The number of imidazole rings is 1. The van der Waals surface area contributed by atoms with Crippen LogP contribution in [0, 0.1) is 0 Å². The van der Waals surface area contributed by atoms with Crippen LogP contribution in [0.3, 0.4) is 0 Å². The van der Waals surface area contributed by atoms with Crippen molar-refractivity contribution in [1.29, 1.82) is 0 Å². The molecule has 0 saturated carbocycles. The average Bonchev–Trinajstić information content (AvgIpc) is 2.87. The van der Waals surface area contributed by atoms with E-state index in [0.717, 1.165) is 15.5 Å². The van der Waals surface area contributed by atoms with Crippen LogP contribution >= 0.6 is 15.9 Å². The number of aromatic carboxylic acids is 1. The van der Waals surface area contributed by atoms with Crippen LogP contribution in [-0.4, -0.2) is 15.9 Å². The Kier molecular flexibility index (Phi) is 3.62. The number of halogens is 1. The number of rotatable bonds is 4. The monoisotopic (exact) mass is 345 g/mol. The molecule has 3 aromatic rings. The van der Waals surface area contributed by atoms with Gasteiger partial charge in [0.05, 0.1) is 17.0 Å². The van der Waals surface area contributed by atoms with E-state index in [-0.39, 0.29) is 17.9 Å². The molecular weight excluding hydrogens is 336 g/mol. The van der Waals surface area contributed by atoms with Crippen molar-refractivity contribution >= 4 is 32.9 Å². The fourth-order valence-corrected chi connectivity index (χ4v) is 2.34. The molecule has 1 heterocycles. The Balaban J connectivity index is 1.84. The molecule has 1 aromatic heterocycles. The van der Waals surface area contributed by atoms with Crippen molar-refractivity contribution in [2.24, 2.45) is 0 Å². The maximum absolute atomic E-state index is 11.1. The Hall–Kier alpha value is -2.34. The van der Waals surface area contributed by atoms with Gasteiger partial charge in [0.1, 0.15) is 18.2 Å². The van der Waals surface area contributed by atoms with Crippen LogP contribution in [0.15, 0.2) is 46.9 Å². The summed E-state index contributed by atoms with van der Waals surface area (Å²) >= 11 is 3.28. The van der Waals surface area contributed by atoms with Crippen molar-refractivity contribution in [3.05, 3.63) is 58.3 Å². The van der Waals surface area contributed by atoms with E-state index in [0.29, 0.717) is 5.82 Å². The Bertz CT molecular complexity index is 781. The van der Waals surface area contributed by atoms with Gasteiger partial charge in [0.2, 0.25) is 0 Å². The number of carbonyl (C=O) groups is 1. The largest absolute Gasteiger partial charge is 0.545 e. The molecule has 0 bridgehead atoms. The third-order valence-corrected chi connectivity index (χ3v) is 3.46. The summed E-state index contributed by atoms with van der Waals surface area (Å²) in [6.45, 7) is 0.144.